The normalized spacial score (nSPS) is 14.8. The molecule has 1 aromatic carbocycles. The molecule has 17 heavy (non-hydrogen) atoms. The number of hydrogen-bond donors (Lipinski definition) is 2. The van der Waals surface area contributed by atoms with Crippen LogP contribution >= 0.6 is 0 Å². The van der Waals surface area contributed by atoms with Crippen LogP contribution in [0.25, 0.3) is 0 Å². The quantitative estimate of drug-likeness (QED) is 0.825. The predicted octanol–water partition coefficient (Wildman–Crippen LogP) is 2.43. The van der Waals surface area contributed by atoms with E-state index in [0.717, 1.165) is 11.3 Å². The smallest absolute Gasteiger partial charge is 0.123 e. The largest absolute Gasteiger partial charge is 0.496 e. The Morgan fingerprint density at radius 3 is 2.29 bits per heavy atom. The molecule has 1 aromatic rings. The standard InChI is InChI=1S/C14H24N2O/c1-9(2)11-6-7-12(13(8-11)17-5)14(16-4)10(3)15/h6-10,14,16H,15H2,1-5H3. The Bertz CT molecular complexity index is 361. The highest BCUT2D eigenvalue weighted by molar-refractivity contribution is 5.41. The Morgan fingerprint density at radius 1 is 1.24 bits per heavy atom. The third kappa shape index (κ3) is 3.20. The second kappa shape index (κ2) is 6.03. The van der Waals surface area contributed by atoms with Crippen molar-refractivity contribution in [3.8, 4) is 5.75 Å². The van der Waals surface area contributed by atoms with Crippen LogP contribution in [0, 0.1) is 0 Å². The number of hydrogen-bond acceptors (Lipinski definition) is 3. The fourth-order valence-electron chi connectivity index (χ4n) is 2.05. The minimum Gasteiger partial charge on any atom is -0.496 e. The second-order valence-electron chi connectivity index (χ2n) is 4.78. The van der Waals surface area contributed by atoms with Gasteiger partial charge in [-0.25, -0.2) is 0 Å². The Hall–Kier alpha value is -1.06. The van der Waals surface area contributed by atoms with Gasteiger partial charge in [0.1, 0.15) is 5.75 Å². The molecule has 0 radical (unpaired) electrons. The van der Waals surface area contributed by atoms with Crippen molar-refractivity contribution in [2.45, 2.75) is 38.8 Å². The first-order valence-corrected chi connectivity index (χ1v) is 6.12. The van der Waals surface area contributed by atoms with Crippen LogP contribution in [0.2, 0.25) is 0 Å². The number of ether oxygens (including phenoxy) is 1. The zero-order chi connectivity index (χ0) is 13.0. The first-order valence-electron chi connectivity index (χ1n) is 6.12. The summed E-state index contributed by atoms with van der Waals surface area (Å²) in [5.41, 5.74) is 8.38. The van der Waals surface area contributed by atoms with Crippen molar-refractivity contribution >= 4 is 0 Å². The maximum atomic E-state index is 5.98. The number of benzene rings is 1. The summed E-state index contributed by atoms with van der Waals surface area (Å²) in [6, 6.07) is 6.52. The molecule has 1 rings (SSSR count). The summed E-state index contributed by atoms with van der Waals surface area (Å²) in [6.07, 6.45) is 0. The van der Waals surface area contributed by atoms with E-state index in [9.17, 15) is 0 Å². The molecule has 0 fully saturated rings. The van der Waals surface area contributed by atoms with Crippen LogP contribution in [0.4, 0.5) is 0 Å². The maximum Gasteiger partial charge on any atom is 0.123 e. The van der Waals surface area contributed by atoms with Crippen LogP contribution in [0.1, 0.15) is 43.9 Å². The Labute approximate surface area is 104 Å². The molecular weight excluding hydrogens is 212 g/mol. The van der Waals surface area contributed by atoms with Gasteiger partial charge in [0.15, 0.2) is 0 Å². The van der Waals surface area contributed by atoms with Crippen LogP contribution in [0.3, 0.4) is 0 Å². The average Bonchev–Trinajstić information content (AvgIpc) is 2.29. The van der Waals surface area contributed by atoms with Crippen molar-refractivity contribution in [3.05, 3.63) is 29.3 Å². The Balaban J connectivity index is 3.15. The predicted molar refractivity (Wildman–Crippen MR) is 72.5 cm³/mol. The molecule has 0 saturated heterocycles. The molecule has 0 amide bonds. The summed E-state index contributed by atoms with van der Waals surface area (Å²) in [5.74, 6) is 1.41. The van der Waals surface area contributed by atoms with Gasteiger partial charge < -0.3 is 15.8 Å². The molecule has 0 bridgehead atoms. The first-order chi connectivity index (χ1) is 8.01. The Morgan fingerprint density at radius 2 is 1.88 bits per heavy atom. The third-order valence-electron chi connectivity index (χ3n) is 3.10. The van der Waals surface area contributed by atoms with E-state index in [1.54, 1.807) is 7.11 Å². The van der Waals surface area contributed by atoms with E-state index in [2.05, 4.69) is 37.4 Å². The first kappa shape index (κ1) is 14.0. The molecule has 0 saturated carbocycles. The molecule has 2 unspecified atom stereocenters. The van der Waals surface area contributed by atoms with E-state index in [4.69, 9.17) is 10.5 Å². The van der Waals surface area contributed by atoms with Crippen LogP contribution in [0.15, 0.2) is 18.2 Å². The van der Waals surface area contributed by atoms with Gasteiger partial charge in [0.2, 0.25) is 0 Å². The van der Waals surface area contributed by atoms with Crippen LogP contribution in [-0.2, 0) is 0 Å². The summed E-state index contributed by atoms with van der Waals surface area (Å²) in [4.78, 5) is 0. The maximum absolute atomic E-state index is 5.98. The SMILES string of the molecule is CNC(c1ccc(C(C)C)cc1OC)C(C)N. The van der Waals surface area contributed by atoms with Gasteiger partial charge in [-0.2, -0.15) is 0 Å². The average molecular weight is 236 g/mol. The van der Waals surface area contributed by atoms with E-state index >= 15 is 0 Å². The molecule has 0 heterocycles. The summed E-state index contributed by atoms with van der Waals surface area (Å²) in [7, 11) is 3.63. The van der Waals surface area contributed by atoms with Crippen LogP contribution < -0.4 is 15.8 Å². The molecule has 96 valence electrons. The molecule has 0 aliphatic carbocycles. The van der Waals surface area contributed by atoms with Gasteiger partial charge in [-0.15, -0.1) is 0 Å². The lowest BCUT2D eigenvalue weighted by Gasteiger charge is -2.23. The fraction of sp³-hybridized carbons (Fsp3) is 0.571. The number of nitrogens with one attached hydrogen (secondary N) is 1. The number of likely N-dealkylation sites (N-methyl/N-ethyl adjacent to an activating group) is 1. The van der Waals surface area contributed by atoms with Crippen molar-refractivity contribution in [3.63, 3.8) is 0 Å². The van der Waals surface area contributed by atoms with Crippen molar-refractivity contribution in [1.29, 1.82) is 0 Å². The summed E-state index contributed by atoms with van der Waals surface area (Å²) in [6.45, 7) is 6.35. The highest BCUT2D eigenvalue weighted by Crippen LogP contribution is 2.30. The zero-order valence-corrected chi connectivity index (χ0v) is 11.4. The lowest BCUT2D eigenvalue weighted by Crippen LogP contribution is -2.33. The molecule has 2 atom stereocenters. The molecule has 0 aromatic heterocycles. The second-order valence-corrected chi connectivity index (χ2v) is 4.78. The van der Waals surface area contributed by atoms with E-state index in [1.165, 1.54) is 5.56 Å². The van der Waals surface area contributed by atoms with Crippen LogP contribution in [0.5, 0.6) is 5.75 Å². The lowest BCUT2D eigenvalue weighted by atomic mass is 9.95. The molecule has 0 aliphatic rings. The van der Waals surface area contributed by atoms with Crippen molar-refractivity contribution in [1.82, 2.24) is 5.32 Å². The number of rotatable bonds is 5. The summed E-state index contributed by atoms with van der Waals surface area (Å²) >= 11 is 0. The summed E-state index contributed by atoms with van der Waals surface area (Å²) < 4.78 is 5.47. The van der Waals surface area contributed by atoms with Gasteiger partial charge in [-0.1, -0.05) is 26.0 Å². The molecule has 3 N–H and O–H groups in total. The van der Waals surface area contributed by atoms with E-state index < -0.39 is 0 Å². The van der Waals surface area contributed by atoms with Crippen molar-refractivity contribution in [2.75, 3.05) is 14.2 Å². The molecule has 3 nitrogen and oxygen atoms in total. The van der Waals surface area contributed by atoms with Gasteiger partial charge in [0, 0.05) is 11.6 Å². The zero-order valence-electron chi connectivity index (χ0n) is 11.4. The van der Waals surface area contributed by atoms with Gasteiger partial charge in [0.25, 0.3) is 0 Å². The topological polar surface area (TPSA) is 47.3 Å². The number of nitrogens with two attached hydrogens (primary N) is 1. The molecular formula is C14H24N2O. The van der Waals surface area contributed by atoms with Gasteiger partial charge in [-0.3, -0.25) is 0 Å². The minimum atomic E-state index is 0.0406. The molecule has 3 heteroatoms. The van der Waals surface area contributed by atoms with E-state index in [-0.39, 0.29) is 12.1 Å². The summed E-state index contributed by atoms with van der Waals surface area (Å²) in [5, 5.41) is 3.24. The lowest BCUT2D eigenvalue weighted by molar-refractivity contribution is 0.393. The van der Waals surface area contributed by atoms with Crippen molar-refractivity contribution in [2.24, 2.45) is 5.73 Å². The monoisotopic (exact) mass is 236 g/mol. The molecule has 0 spiro atoms. The van der Waals surface area contributed by atoms with Gasteiger partial charge in [-0.05, 0) is 31.5 Å². The van der Waals surface area contributed by atoms with Crippen LogP contribution in [-0.4, -0.2) is 20.2 Å². The molecule has 0 aliphatic heterocycles. The van der Waals surface area contributed by atoms with Crippen molar-refractivity contribution < 1.29 is 4.74 Å². The minimum absolute atomic E-state index is 0.0406. The highest BCUT2D eigenvalue weighted by atomic mass is 16.5. The van der Waals surface area contributed by atoms with E-state index in [1.807, 2.05) is 14.0 Å². The van der Waals surface area contributed by atoms with E-state index in [0.29, 0.717) is 5.92 Å². The van der Waals surface area contributed by atoms with Gasteiger partial charge in [0.05, 0.1) is 13.2 Å². The Kier molecular flexibility index (Phi) is 4.97. The third-order valence-corrected chi connectivity index (χ3v) is 3.10. The van der Waals surface area contributed by atoms with Gasteiger partial charge >= 0.3 is 0 Å². The highest BCUT2D eigenvalue weighted by Gasteiger charge is 2.18. The number of methoxy groups -OCH3 is 1. The fourth-order valence-corrected chi connectivity index (χ4v) is 2.05.